The predicted octanol–water partition coefficient (Wildman–Crippen LogP) is 3.51. The summed E-state index contributed by atoms with van der Waals surface area (Å²) in [6, 6.07) is 9.62. The number of carbonyl (C=O) groups excluding carboxylic acids is 1. The van der Waals surface area contributed by atoms with Gasteiger partial charge in [-0.25, -0.2) is 4.98 Å². The Morgan fingerprint density at radius 1 is 1.21 bits per heavy atom. The fourth-order valence-corrected chi connectivity index (χ4v) is 1.95. The first kappa shape index (κ1) is 13.3. The molecular formula is C13H7Cl2N3O. The molecule has 1 aromatic carbocycles. The Kier molecular flexibility index (Phi) is 4.00. The maximum atomic E-state index is 11.9. The molecule has 0 unspecified atom stereocenters. The second kappa shape index (κ2) is 5.70. The van der Waals surface area contributed by atoms with Crippen molar-refractivity contribution >= 4 is 34.8 Å². The first-order valence-corrected chi connectivity index (χ1v) is 5.97. The van der Waals surface area contributed by atoms with E-state index in [2.05, 4.69) is 10.3 Å². The third-order valence-electron chi connectivity index (χ3n) is 2.26. The van der Waals surface area contributed by atoms with Crippen LogP contribution in [0.15, 0.2) is 36.5 Å². The molecular weight excluding hydrogens is 285 g/mol. The lowest BCUT2D eigenvalue weighted by molar-refractivity contribution is 0.102. The van der Waals surface area contributed by atoms with E-state index in [0.29, 0.717) is 21.3 Å². The summed E-state index contributed by atoms with van der Waals surface area (Å²) in [5.41, 5.74) is 1.09. The Morgan fingerprint density at radius 2 is 1.89 bits per heavy atom. The fourth-order valence-electron chi connectivity index (χ4n) is 1.42. The normalized spacial score (nSPS) is 9.74. The van der Waals surface area contributed by atoms with Crippen LogP contribution in [0, 0.1) is 11.3 Å². The average molecular weight is 292 g/mol. The average Bonchev–Trinajstić information content (AvgIpc) is 2.37. The molecule has 1 aromatic heterocycles. The van der Waals surface area contributed by atoms with Crippen molar-refractivity contribution in [2.45, 2.75) is 0 Å². The number of nitriles is 1. The lowest BCUT2D eigenvalue weighted by Gasteiger charge is -2.06. The molecule has 0 aliphatic rings. The number of hydrogen-bond donors (Lipinski definition) is 1. The van der Waals surface area contributed by atoms with E-state index < -0.39 is 0 Å². The van der Waals surface area contributed by atoms with Crippen molar-refractivity contribution < 1.29 is 4.79 Å². The van der Waals surface area contributed by atoms with Gasteiger partial charge in [-0.2, -0.15) is 5.26 Å². The maximum absolute atomic E-state index is 11.9. The van der Waals surface area contributed by atoms with Gasteiger partial charge in [0.2, 0.25) is 0 Å². The molecule has 0 saturated carbocycles. The van der Waals surface area contributed by atoms with Gasteiger partial charge in [-0.05, 0) is 30.3 Å². The quantitative estimate of drug-likeness (QED) is 0.921. The van der Waals surface area contributed by atoms with Crippen LogP contribution in [0.1, 0.15) is 16.1 Å². The van der Waals surface area contributed by atoms with Gasteiger partial charge in [0.1, 0.15) is 11.8 Å². The molecule has 0 bridgehead atoms. The van der Waals surface area contributed by atoms with Crippen LogP contribution in [0.5, 0.6) is 0 Å². The summed E-state index contributed by atoms with van der Waals surface area (Å²) in [4.78, 5) is 15.7. The summed E-state index contributed by atoms with van der Waals surface area (Å²) in [6.07, 6.45) is 1.33. The summed E-state index contributed by atoms with van der Waals surface area (Å²) in [5, 5.41) is 12.1. The number of nitrogens with zero attached hydrogens (tertiary/aromatic N) is 2. The van der Waals surface area contributed by atoms with E-state index in [0.717, 1.165) is 0 Å². The minimum Gasteiger partial charge on any atom is -0.322 e. The van der Waals surface area contributed by atoms with Crippen LogP contribution in [-0.2, 0) is 0 Å². The van der Waals surface area contributed by atoms with Crippen LogP contribution in [0.3, 0.4) is 0 Å². The van der Waals surface area contributed by atoms with Gasteiger partial charge < -0.3 is 5.32 Å². The Balaban J connectivity index is 2.18. The molecule has 4 nitrogen and oxygen atoms in total. The van der Waals surface area contributed by atoms with Gasteiger partial charge in [-0.1, -0.05) is 23.2 Å². The lowest BCUT2D eigenvalue weighted by atomic mass is 10.2. The summed E-state index contributed by atoms with van der Waals surface area (Å²) in [5.74, 6) is -0.352. The van der Waals surface area contributed by atoms with Gasteiger partial charge in [0.05, 0.1) is 5.56 Å². The van der Waals surface area contributed by atoms with Crippen molar-refractivity contribution in [3.8, 4) is 6.07 Å². The summed E-state index contributed by atoms with van der Waals surface area (Å²) < 4.78 is 0. The van der Waals surface area contributed by atoms with Gasteiger partial charge in [-0.3, -0.25) is 4.79 Å². The number of amides is 1. The SMILES string of the molecule is N#Cc1ccc(C(=O)Nc2cc(Cl)cc(Cl)c2)cn1. The van der Waals surface area contributed by atoms with Gasteiger partial charge in [0.25, 0.3) is 5.91 Å². The van der Waals surface area contributed by atoms with Crippen molar-refractivity contribution in [3.05, 3.63) is 57.8 Å². The van der Waals surface area contributed by atoms with Crippen LogP contribution in [-0.4, -0.2) is 10.9 Å². The zero-order valence-electron chi connectivity index (χ0n) is 9.52. The Bertz CT molecular complexity index is 642. The van der Waals surface area contributed by atoms with E-state index in [1.807, 2.05) is 6.07 Å². The number of aromatic nitrogens is 1. The number of benzene rings is 1. The molecule has 2 aromatic rings. The molecule has 1 heterocycles. The monoisotopic (exact) mass is 291 g/mol. The molecule has 94 valence electrons. The largest absolute Gasteiger partial charge is 0.322 e. The highest BCUT2D eigenvalue weighted by molar-refractivity contribution is 6.35. The molecule has 0 atom stereocenters. The number of pyridine rings is 1. The van der Waals surface area contributed by atoms with Crippen LogP contribution in [0.25, 0.3) is 0 Å². The lowest BCUT2D eigenvalue weighted by Crippen LogP contribution is -2.12. The molecule has 1 N–H and O–H groups in total. The first-order valence-electron chi connectivity index (χ1n) is 5.22. The molecule has 0 spiro atoms. The summed E-state index contributed by atoms with van der Waals surface area (Å²) in [6.45, 7) is 0. The first-order chi connectivity index (χ1) is 9.08. The highest BCUT2D eigenvalue weighted by atomic mass is 35.5. The smallest absolute Gasteiger partial charge is 0.257 e. The number of hydrogen-bond acceptors (Lipinski definition) is 3. The highest BCUT2D eigenvalue weighted by Crippen LogP contribution is 2.22. The number of carbonyl (C=O) groups is 1. The van der Waals surface area contributed by atoms with Crippen LogP contribution in [0.4, 0.5) is 5.69 Å². The van der Waals surface area contributed by atoms with Gasteiger partial charge in [-0.15, -0.1) is 0 Å². The van der Waals surface area contributed by atoms with E-state index >= 15 is 0 Å². The molecule has 2 rings (SSSR count). The van der Waals surface area contributed by atoms with Crippen molar-refractivity contribution in [1.82, 2.24) is 4.98 Å². The van der Waals surface area contributed by atoms with Gasteiger partial charge >= 0.3 is 0 Å². The van der Waals surface area contributed by atoms with E-state index in [1.165, 1.54) is 18.3 Å². The molecule has 0 saturated heterocycles. The summed E-state index contributed by atoms with van der Waals surface area (Å²) in [7, 11) is 0. The minimum absolute atomic E-state index is 0.252. The number of halogens is 2. The van der Waals surface area contributed by atoms with E-state index in [-0.39, 0.29) is 11.6 Å². The number of nitrogens with one attached hydrogen (secondary N) is 1. The summed E-state index contributed by atoms with van der Waals surface area (Å²) >= 11 is 11.7. The zero-order valence-corrected chi connectivity index (χ0v) is 11.0. The molecule has 1 amide bonds. The molecule has 6 heteroatoms. The van der Waals surface area contributed by atoms with Gasteiger partial charge in [0, 0.05) is 21.9 Å². The molecule has 0 aliphatic carbocycles. The third-order valence-corrected chi connectivity index (χ3v) is 2.70. The molecule has 19 heavy (non-hydrogen) atoms. The van der Waals surface area contributed by atoms with Crippen molar-refractivity contribution in [2.75, 3.05) is 5.32 Å². The Labute approximate surface area is 119 Å². The topological polar surface area (TPSA) is 65.8 Å². The van der Waals surface area contributed by atoms with Crippen molar-refractivity contribution in [2.24, 2.45) is 0 Å². The van der Waals surface area contributed by atoms with Crippen molar-refractivity contribution in [1.29, 1.82) is 5.26 Å². The molecule has 0 aliphatic heterocycles. The second-order valence-electron chi connectivity index (χ2n) is 3.66. The fraction of sp³-hybridized carbons (Fsp3) is 0. The van der Waals surface area contributed by atoms with Crippen molar-refractivity contribution in [3.63, 3.8) is 0 Å². The van der Waals surface area contributed by atoms with Gasteiger partial charge in [0.15, 0.2) is 0 Å². The zero-order chi connectivity index (χ0) is 13.8. The van der Waals surface area contributed by atoms with Crippen LogP contribution in [0.2, 0.25) is 10.0 Å². The maximum Gasteiger partial charge on any atom is 0.257 e. The molecule has 0 fully saturated rings. The van der Waals surface area contributed by atoms with E-state index in [4.69, 9.17) is 28.5 Å². The number of anilines is 1. The van der Waals surface area contributed by atoms with E-state index in [1.54, 1.807) is 18.2 Å². The van der Waals surface area contributed by atoms with Crippen LogP contribution < -0.4 is 5.32 Å². The Morgan fingerprint density at radius 3 is 2.42 bits per heavy atom. The van der Waals surface area contributed by atoms with Crippen LogP contribution >= 0.6 is 23.2 Å². The second-order valence-corrected chi connectivity index (χ2v) is 4.53. The number of rotatable bonds is 2. The van der Waals surface area contributed by atoms with E-state index in [9.17, 15) is 4.79 Å². The minimum atomic E-state index is -0.352. The Hall–Kier alpha value is -2.09. The standard InChI is InChI=1S/C13H7Cl2N3O/c14-9-3-10(15)5-12(4-9)18-13(19)8-1-2-11(6-16)17-7-8/h1-5,7H,(H,18,19). The third kappa shape index (κ3) is 3.44. The predicted molar refractivity (Wildman–Crippen MR) is 73.4 cm³/mol. The molecule has 0 radical (unpaired) electrons. The highest BCUT2D eigenvalue weighted by Gasteiger charge is 2.07.